The molecule has 0 saturated heterocycles. The van der Waals surface area contributed by atoms with E-state index in [4.69, 9.17) is 16.7 Å². The fraction of sp³-hybridized carbons (Fsp3) is 0. The molecular formula is C13H11ClO3. The van der Waals surface area contributed by atoms with Crippen molar-refractivity contribution >= 4 is 17.0 Å². The Morgan fingerprint density at radius 1 is 0.941 bits per heavy atom. The zero-order chi connectivity index (χ0) is 12.5. The molecule has 0 spiro atoms. The summed E-state index contributed by atoms with van der Waals surface area (Å²) >= 11 is 4.95. The van der Waals surface area contributed by atoms with E-state index in [-0.39, 0.29) is 0 Å². The number of benzene rings is 2. The average molecular weight is 251 g/mol. The first-order chi connectivity index (χ1) is 8.18. The largest absolute Gasteiger partial charge is 0.508 e. The molecule has 0 bridgehead atoms. The van der Waals surface area contributed by atoms with Crippen LogP contribution in [0.2, 0.25) is 0 Å². The molecule has 0 aliphatic heterocycles. The highest BCUT2D eigenvalue weighted by Gasteiger charge is 1.95. The van der Waals surface area contributed by atoms with Gasteiger partial charge in [0, 0.05) is 11.6 Å². The van der Waals surface area contributed by atoms with Crippen LogP contribution in [0.3, 0.4) is 0 Å². The molecule has 0 fully saturated rings. The number of phenolic OH excluding ortho intramolecular Hbond substituents is 1. The number of hydrogen-bond acceptors (Lipinski definition) is 3. The van der Waals surface area contributed by atoms with Gasteiger partial charge in [0.15, 0.2) is 0 Å². The van der Waals surface area contributed by atoms with E-state index in [9.17, 15) is 4.79 Å². The van der Waals surface area contributed by atoms with Crippen LogP contribution in [0.4, 0.5) is 4.79 Å². The molecule has 88 valence electrons. The second-order valence-corrected chi connectivity index (χ2v) is 3.30. The van der Waals surface area contributed by atoms with Crippen LogP contribution in [0, 0.1) is 0 Å². The van der Waals surface area contributed by atoms with Crippen molar-refractivity contribution < 1.29 is 14.6 Å². The maximum absolute atomic E-state index is 10.2. The van der Waals surface area contributed by atoms with Gasteiger partial charge in [-0.25, -0.2) is 4.79 Å². The maximum Gasteiger partial charge on any atom is 0.409 e. The van der Waals surface area contributed by atoms with Crippen LogP contribution in [0.25, 0.3) is 0 Å². The SMILES string of the molecule is O=C(Cl)Oc1ccccc1.Oc1ccccc1. The Kier molecular flexibility index (Phi) is 5.61. The maximum atomic E-state index is 10.2. The van der Waals surface area contributed by atoms with Crippen LogP contribution in [0.1, 0.15) is 0 Å². The zero-order valence-corrected chi connectivity index (χ0v) is 9.67. The van der Waals surface area contributed by atoms with E-state index in [1.54, 1.807) is 48.5 Å². The molecule has 0 saturated carbocycles. The van der Waals surface area contributed by atoms with E-state index in [0.29, 0.717) is 11.5 Å². The Morgan fingerprint density at radius 2 is 1.41 bits per heavy atom. The van der Waals surface area contributed by atoms with Crippen LogP contribution in [0.15, 0.2) is 60.7 Å². The molecule has 0 aliphatic rings. The van der Waals surface area contributed by atoms with Crippen molar-refractivity contribution in [3.8, 4) is 11.5 Å². The summed E-state index contributed by atoms with van der Waals surface area (Å²) < 4.78 is 4.54. The fourth-order valence-corrected chi connectivity index (χ4v) is 1.10. The van der Waals surface area contributed by atoms with E-state index in [0.717, 1.165) is 0 Å². The molecule has 2 aromatic carbocycles. The van der Waals surface area contributed by atoms with E-state index in [1.165, 1.54) is 0 Å². The Hall–Kier alpha value is -2.00. The van der Waals surface area contributed by atoms with Gasteiger partial charge in [-0.3, -0.25) is 0 Å². The summed E-state index contributed by atoms with van der Waals surface area (Å²) in [6.07, 6.45) is 0. The third-order valence-electron chi connectivity index (χ3n) is 1.70. The molecular weight excluding hydrogens is 240 g/mol. The molecule has 0 heterocycles. The third-order valence-corrected chi connectivity index (χ3v) is 1.77. The van der Waals surface area contributed by atoms with E-state index in [2.05, 4.69) is 4.74 Å². The number of aromatic hydroxyl groups is 1. The van der Waals surface area contributed by atoms with Gasteiger partial charge in [0.2, 0.25) is 0 Å². The van der Waals surface area contributed by atoms with Gasteiger partial charge in [0.05, 0.1) is 0 Å². The minimum absolute atomic E-state index is 0.322. The molecule has 0 unspecified atom stereocenters. The molecule has 0 atom stereocenters. The summed E-state index contributed by atoms with van der Waals surface area (Å²) in [6, 6.07) is 17.4. The average Bonchev–Trinajstić information content (AvgIpc) is 2.31. The third kappa shape index (κ3) is 6.22. The van der Waals surface area contributed by atoms with Gasteiger partial charge in [0.25, 0.3) is 0 Å². The lowest BCUT2D eigenvalue weighted by Crippen LogP contribution is -1.94. The highest BCUT2D eigenvalue weighted by Crippen LogP contribution is 2.09. The number of ether oxygens (including phenoxy) is 1. The smallest absolute Gasteiger partial charge is 0.409 e. The number of phenols is 1. The first-order valence-electron chi connectivity index (χ1n) is 4.85. The highest BCUT2D eigenvalue weighted by molar-refractivity contribution is 6.61. The van der Waals surface area contributed by atoms with Crippen molar-refractivity contribution in [1.82, 2.24) is 0 Å². The summed E-state index contributed by atoms with van der Waals surface area (Å²) in [4.78, 5) is 10.2. The summed E-state index contributed by atoms with van der Waals surface area (Å²) in [5.74, 6) is 0.782. The van der Waals surface area contributed by atoms with Crippen LogP contribution in [-0.2, 0) is 0 Å². The minimum Gasteiger partial charge on any atom is -0.508 e. The van der Waals surface area contributed by atoms with Gasteiger partial charge in [-0.1, -0.05) is 36.4 Å². The summed E-state index contributed by atoms with van der Waals surface area (Å²) in [7, 11) is 0. The number of hydrogen-bond donors (Lipinski definition) is 1. The van der Waals surface area contributed by atoms with Crippen LogP contribution < -0.4 is 4.74 Å². The Morgan fingerprint density at radius 3 is 1.76 bits per heavy atom. The number of carbonyl (C=O) groups excluding carboxylic acids is 1. The lowest BCUT2D eigenvalue weighted by atomic mass is 10.3. The van der Waals surface area contributed by atoms with Crippen molar-refractivity contribution in [2.45, 2.75) is 0 Å². The molecule has 0 aromatic heterocycles. The van der Waals surface area contributed by atoms with E-state index in [1.807, 2.05) is 12.1 Å². The molecule has 0 aliphatic carbocycles. The lowest BCUT2D eigenvalue weighted by molar-refractivity contribution is 0.225. The highest BCUT2D eigenvalue weighted by atomic mass is 35.5. The van der Waals surface area contributed by atoms with Gasteiger partial charge < -0.3 is 9.84 Å². The van der Waals surface area contributed by atoms with Crippen molar-refractivity contribution in [3.05, 3.63) is 60.7 Å². The standard InChI is InChI=1S/C7H5ClO2.C6H6O/c8-7(9)10-6-4-2-1-3-5-6;7-6-4-2-1-3-5-6/h1-5H;1-5,7H. The van der Waals surface area contributed by atoms with Crippen molar-refractivity contribution in [1.29, 1.82) is 0 Å². The summed E-state index contributed by atoms with van der Waals surface area (Å²) in [6.45, 7) is 0. The van der Waals surface area contributed by atoms with Gasteiger partial charge in [-0.05, 0) is 24.3 Å². The number of rotatable bonds is 1. The number of carbonyl (C=O) groups is 1. The zero-order valence-electron chi connectivity index (χ0n) is 8.92. The molecule has 2 aromatic rings. The van der Waals surface area contributed by atoms with E-state index >= 15 is 0 Å². The Labute approximate surface area is 104 Å². The van der Waals surface area contributed by atoms with Crippen LogP contribution in [0.5, 0.6) is 11.5 Å². The molecule has 1 N–H and O–H groups in total. The first kappa shape index (κ1) is 13.1. The molecule has 17 heavy (non-hydrogen) atoms. The minimum atomic E-state index is -0.814. The van der Waals surface area contributed by atoms with Crippen molar-refractivity contribution in [2.24, 2.45) is 0 Å². The van der Waals surface area contributed by atoms with Crippen molar-refractivity contribution in [3.63, 3.8) is 0 Å². The Bertz CT molecular complexity index is 443. The predicted molar refractivity (Wildman–Crippen MR) is 66.4 cm³/mol. The second kappa shape index (κ2) is 7.30. The monoisotopic (exact) mass is 250 g/mol. The Balaban J connectivity index is 0.000000181. The first-order valence-corrected chi connectivity index (χ1v) is 5.22. The number of halogens is 1. The summed E-state index contributed by atoms with van der Waals surface area (Å²) in [5.41, 5.74) is -0.814. The molecule has 0 radical (unpaired) electrons. The van der Waals surface area contributed by atoms with Crippen LogP contribution >= 0.6 is 11.6 Å². The predicted octanol–water partition coefficient (Wildman–Crippen LogP) is 3.82. The van der Waals surface area contributed by atoms with Gasteiger partial charge in [-0.2, -0.15) is 0 Å². The second-order valence-electron chi connectivity index (χ2n) is 2.99. The van der Waals surface area contributed by atoms with Gasteiger partial charge in [0.1, 0.15) is 11.5 Å². The lowest BCUT2D eigenvalue weighted by Gasteiger charge is -1.95. The fourth-order valence-electron chi connectivity index (χ4n) is 1.01. The van der Waals surface area contributed by atoms with Gasteiger partial charge >= 0.3 is 5.43 Å². The van der Waals surface area contributed by atoms with Crippen LogP contribution in [-0.4, -0.2) is 10.5 Å². The molecule has 3 nitrogen and oxygen atoms in total. The van der Waals surface area contributed by atoms with Gasteiger partial charge in [-0.15, -0.1) is 0 Å². The molecule has 0 amide bonds. The normalized spacial score (nSPS) is 8.76. The number of para-hydroxylation sites is 2. The summed E-state index contributed by atoms with van der Waals surface area (Å²) in [5, 5.41) is 8.63. The van der Waals surface area contributed by atoms with Crippen molar-refractivity contribution in [2.75, 3.05) is 0 Å². The quantitative estimate of drug-likeness (QED) is 0.783. The van der Waals surface area contributed by atoms with E-state index < -0.39 is 5.43 Å². The molecule has 4 heteroatoms. The molecule has 2 rings (SSSR count). The topological polar surface area (TPSA) is 46.5 Å².